The zero-order chi connectivity index (χ0) is 0. The largest absolute Gasteiger partial charge is 2.00 e. The minimum atomic E-state index is 0. The first-order chi connectivity index (χ1) is 0. The Morgan fingerprint density at radius 2 is 0.667 bits per heavy atom. The second kappa shape index (κ2) is 46.9. The molecular weight excluding hydrogens is 600 g/mol. The minimum Gasteiger partial charge on any atom is -2.00 e. The van der Waals surface area contributed by atoms with Gasteiger partial charge in [0.2, 0.25) is 0 Å². The fourth-order valence-electron chi connectivity index (χ4n) is 0. The molecule has 6 heteroatoms. The summed E-state index contributed by atoms with van der Waals surface area (Å²) < 4.78 is 0. The summed E-state index contributed by atoms with van der Waals surface area (Å²) in [5.41, 5.74) is 0. The first-order valence-corrected chi connectivity index (χ1v) is 0. The fraction of sp³-hybridized carbons (Fsp3) is 0. The number of rotatable bonds is 0. The van der Waals surface area contributed by atoms with Gasteiger partial charge in [-0.2, -0.15) is 0 Å². The maximum Gasteiger partial charge on any atom is 0 e. The molecule has 0 atom stereocenters. The average molecular weight is 600 g/mol. The van der Waals surface area contributed by atoms with E-state index in [9.17, 15) is 0 Å². The monoisotopic (exact) mass is 600 g/mol. The molecule has 44 valence electrons. The van der Waals surface area contributed by atoms with Crippen LogP contribution in [0.25, 0.3) is 0 Å². The molecule has 0 aliphatic carbocycles. The summed E-state index contributed by atoms with van der Waals surface area (Å²) in [5.74, 6) is 0. The Balaban J connectivity index is 0. The zero-order valence-corrected chi connectivity index (χ0v) is 11.0. The van der Waals surface area contributed by atoms with Crippen LogP contribution in [0.2, 0.25) is 0 Å². The van der Waals surface area contributed by atoms with Crippen molar-refractivity contribution in [2.45, 2.75) is 0 Å². The molecule has 0 N–H and O–H groups in total. The predicted molar refractivity (Wildman–Crippen MR) is 7.81 cm³/mol. The second-order valence-corrected chi connectivity index (χ2v) is 0. The maximum absolute atomic E-state index is 0. The summed E-state index contributed by atoms with van der Waals surface area (Å²) in [6.45, 7) is 0. The topological polar surface area (TPSA) is 85.5 Å². The molecule has 0 aromatic heterocycles. The van der Waals surface area contributed by atoms with E-state index in [4.69, 9.17) is 0 Å². The maximum atomic E-state index is 0. The van der Waals surface area contributed by atoms with Crippen molar-refractivity contribution in [1.82, 2.24) is 0 Å². The molecule has 0 rings (SSSR count). The van der Waals surface area contributed by atoms with E-state index >= 15 is 0 Å². The Hall–Kier alpha value is 2.74. The van der Waals surface area contributed by atoms with Gasteiger partial charge in [-0.15, -0.1) is 0 Å². The van der Waals surface area contributed by atoms with Gasteiger partial charge in [0.15, 0.2) is 0 Å². The van der Waals surface area contributed by atoms with E-state index in [1.807, 2.05) is 0 Å². The first-order valence-electron chi connectivity index (χ1n) is 0. The van der Waals surface area contributed by atoms with Crippen LogP contribution in [0.1, 0.15) is 0 Å². The van der Waals surface area contributed by atoms with Gasteiger partial charge in [-0.3, -0.25) is 0 Å². The van der Waals surface area contributed by atoms with Crippen LogP contribution in [0.3, 0.4) is 0 Å². The van der Waals surface area contributed by atoms with Crippen molar-refractivity contribution in [3.05, 3.63) is 0 Å². The van der Waals surface area contributed by atoms with E-state index in [1.54, 1.807) is 0 Å². The summed E-state index contributed by atoms with van der Waals surface area (Å²) >= 11 is 0. The Kier molecular flexibility index (Phi) is 545. The molecule has 6 heavy (non-hydrogen) atoms. The van der Waals surface area contributed by atoms with Gasteiger partial charge in [-0.05, 0) is 0 Å². The van der Waals surface area contributed by atoms with Crippen molar-refractivity contribution in [3.63, 3.8) is 0 Å². The van der Waals surface area contributed by atoms with Crippen LogP contribution in [0.5, 0.6) is 0 Å². The third-order valence-electron chi connectivity index (χ3n) is 0. The molecule has 0 amide bonds. The molecule has 0 fully saturated rings. The molecular formula is BiO3TbW-6. The molecule has 0 aromatic rings. The fourth-order valence-corrected chi connectivity index (χ4v) is 0. The van der Waals surface area contributed by atoms with Crippen LogP contribution < -0.4 is 0 Å². The average Bonchev–Trinajstić information content (AvgIpc) is 0. The van der Waals surface area contributed by atoms with E-state index in [-0.39, 0.29) is 102 Å². The molecule has 0 saturated carbocycles. The number of hydrogen-bond donors (Lipinski definition) is 0. The van der Waals surface area contributed by atoms with Gasteiger partial charge in [0.25, 0.3) is 0 Å². The summed E-state index contributed by atoms with van der Waals surface area (Å²) in [6, 6.07) is 0. The van der Waals surface area contributed by atoms with E-state index < -0.39 is 0 Å². The van der Waals surface area contributed by atoms with Gasteiger partial charge >= 0.3 is 0 Å². The Bertz CT molecular complexity index is 10.8. The van der Waals surface area contributed by atoms with Gasteiger partial charge in [0.1, 0.15) is 0 Å². The molecule has 0 aliphatic rings. The second-order valence-electron chi connectivity index (χ2n) is 0. The predicted octanol–water partition coefficient (Wildman–Crippen LogP) is -0.740. The van der Waals surface area contributed by atoms with Gasteiger partial charge in [-0.1, -0.05) is 0 Å². The van der Waals surface area contributed by atoms with Crippen molar-refractivity contribution in [1.29, 1.82) is 0 Å². The third-order valence-corrected chi connectivity index (χ3v) is 0. The minimum absolute atomic E-state index is 0. The molecule has 0 bridgehead atoms. The van der Waals surface area contributed by atoms with E-state index in [1.165, 1.54) is 0 Å². The molecule has 0 saturated heterocycles. The van der Waals surface area contributed by atoms with Crippen molar-refractivity contribution >= 4 is 26.2 Å². The van der Waals surface area contributed by atoms with Crippen LogP contribution in [0.15, 0.2) is 0 Å². The Morgan fingerprint density at radius 3 is 0.667 bits per heavy atom. The molecule has 0 heterocycles. The Morgan fingerprint density at radius 1 is 0.667 bits per heavy atom. The van der Waals surface area contributed by atoms with Gasteiger partial charge in [-0.25, -0.2) is 0 Å². The molecule has 0 aromatic carbocycles. The summed E-state index contributed by atoms with van der Waals surface area (Å²) in [4.78, 5) is 0. The van der Waals surface area contributed by atoms with E-state index in [2.05, 4.69) is 0 Å². The quantitative estimate of drug-likeness (QED) is 0.329. The van der Waals surface area contributed by atoms with Gasteiger partial charge in [0.05, 0.1) is 0 Å². The van der Waals surface area contributed by atoms with Crippen molar-refractivity contribution in [3.8, 4) is 0 Å². The van der Waals surface area contributed by atoms with E-state index in [0.29, 0.717) is 0 Å². The van der Waals surface area contributed by atoms with Crippen LogP contribution in [-0.2, 0) is 37.5 Å². The SMILES string of the molecule is [Bi].[O-2].[O-2].[O-2].[Tb].[W]. The van der Waals surface area contributed by atoms with Crippen molar-refractivity contribution < 1.29 is 76.1 Å². The van der Waals surface area contributed by atoms with Crippen LogP contribution >= 0.6 is 0 Å². The third kappa shape index (κ3) is 29.6. The van der Waals surface area contributed by atoms with Gasteiger partial charge in [0, 0.05) is 85.9 Å². The number of hydrogen-bond acceptors (Lipinski definition) is 0. The van der Waals surface area contributed by atoms with Gasteiger partial charge < -0.3 is 16.4 Å². The standard InChI is InChI=1S/Bi.3O.Tb.W/q;3*-2;;. The summed E-state index contributed by atoms with van der Waals surface area (Å²) in [5, 5.41) is 0. The molecule has 3 nitrogen and oxygen atoms in total. The van der Waals surface area contributed by atoms with Crippen LogP contribution in [0, 0.1) is 38.6 Å². The molecule has 0 aliphatic heterocycles. The first kappa shape index (κ1) is 69.8. The van der Waals surface area contributed by atoms with Crippen molar-refractivity contribution in [2.24, 2.45) is 0 Å². The van der Waals surface area contributed by atoms with Crippen molar-refractivity contribution in [2.75, 3.05) is 0 Å². The summed E-state index contributed by atoms with van der Waals surface area (Å²) in [7, 11) is 0. The van der Waals surface area contributed by atoms with E-state index in [0.717, 1.165) is 0 Å². The summed E-state index contributed by atoms with van der Waals surface area (Å²) in [6.07, 6.45) is 0. The molecule has 0 unspecified atom stereocenters. The zero-order valence-electron chi connectivity index (χ0n) is 2.41. The van der Waals surface area contributed by atoms with Crippen LogP contribution in [0.4, 0.5) is 0 Å². The van der Waals surface area contributed by atoms with Crippen LogP contribution in [-0.4, -0.2) is 26.2 Å². The smallest absolute Gasteiger partial charge is 0 e. The molecule has 0 spiro atoms. The Labute approximate surface area is 100 Å². The molecule has 4 radical (unpaired) electrons. The normalized spacial score (nSPS) is 0.